The van der Waals surface area contributed by atoms with Crippen LogP contribution < -0.4 is 16.8 Å². The van der Waals surface area contributed by atoms with Crippen LogP contribution in [0, 0.1) is 5.82 Å². The molecule has 0 saturated carbocycles. The summed E-state index contributed by atoms with van der Waals surface area (Å²) >= 11 is 5.76. The van der Waals surface area contributed by atoms with Gasteiger partial charge in [-0.25, -0.2) is 4.39 Å². The first-order valence-corrected chi connectivity index (χ1v) is 6.22. The van der Waals surface area contributed by atoms with Crippen LogP contribution in [0.2, 0.25) is 5.02 Å². The highest BCUT2D eigenvalue weighted by molar-refractivity contribution is 6.33. The molecule has 5 N–H and O–H groups in total. The van der Waals surface area contributed by atoms with E-state index in [2.05, 4.69) is 5.32 Å². The van der Waals surface area contributed by atoms with Gasteiger partial charge in [-0.1, -0.05) is 11.6 Å². The Balaban J connectivity index is 2.28. The average molecular weight is 308 g/mol. The third kappa shape index (κ3) is 3.29. The van der Waals surface area contributed by atoms with Crippen LogP contribution in [0.15, 0.2) is 36.4 Å². The van der Waals surface area contributed by atoms with Crippen LogP contribution in [0.3, 0.4) is 0 Å². The van der Waals surface area contributed by atoms with Gasteiger partial charge in [0.05, 0.1) is 16.4 Å². The van der Waals surface area contributed by atoms with E-state index in [1.54, 1.807) is 0 Å². The Morgan fingerprint density at radius 1 is 1.10 bits per heavy atom. The van der Waals surface area contributed by atoms with Crippen molar-refractivity contribution in [1.29, 1.82) is 0 Å². The summed E-state index contributed by atoms with van der Waals surface area (Å²) in [6.07, 6.45) is 0. The Kier molecular flexibility index (Phi) is 4.09. The maximum atomic E-state index is 13.6. The maximum absolute atomic E-state index is 13.6. The van der Waals surface area contributed by atoms with Crippen molar-refractivity contribution in [3.8, 4) is 0 Å². The van der Waals surface area contributed by atoms with Gasteiger partial charge >= 0.3 is 0 Å². The molecule has 7 heteroatoms. The van der Waals surface area contributed by atoms with Crippen molar-refractivity contribution in [2.24, 2.45) is 5.73 Å². The highest BCUT2D eigenvalue weighted by atomic mass is 35.5. The first-order chi connectivity index (χ1) is 9.88. The Morgan fingerprint density at radius 2 is 1.76 bits per heavy atom. The third-order valence-electron chi connectivity index (χ3n) is 2.76. The number of nitrogen functional groups attached to an aromatic ring is 1. The lowest BCUT2D eigenvalue weighted by Gasteiger charge is -2.08. The van der Waals surface area contributed by atoms with Crippen molar-refractivity contribution in [2.75, 3.05) is 11.1 Å². The van der Waals surface area contributed by atoms with Gasteiger partial charge in [-0.3, -0.25) is 9.59 Å². The van der Waals surface area contributed by atoms with Gasteiger partial charge in [-0.05, 0) is 36.4 Å². The van der Waals surface area contributed by atoms with Gasteiger partial charge in [-0.15, -0.1) is 0 Å². The fraction of sp³-hybridized carbons (Fsp3) is 0. The number of halogens is 2. The summed E-state index contributed by atoms with van der Waals surface area (Å²) in [5.41, 5.74) is 11.1. The number of nitrogens with one attached hydrogen (secondary N) is 1. The van der Waals surface area contributed by atoms with E-state index in [0.717, 1.165) is 12.1 Å². The molecule has 0 spiro atoms. The fourth-order valence-electron chi connectivity index (χ4n) is 1.65. The molecular formula is C14H11ClFN3O2. The molecule has 0 bridgehead atoms. The number of benzene rings is 2. The SMILES string of the molecule is NC(=O)c1ccc(F)c(NC(=O)c2ccc(Cl)c(N)c2)c1. The van der Waals surface area contributed by atoms with Crippen molar-refractivity contribution < 1.29 is 14.0 Å². The number of amides is 2. The number of rotatable bonds is 3. The highest BCUT2D eigenvalue weighted by Crippen LogP contribution is 2.21. The van der Waals surface area contributed by atoms with E-state index >= 15 is 0 Å². The smallest absolute Gasteiger partial charge is 0.255 e. The Bertz CT molecular complexity index is 734. The Morgan fingerprint density at radius 3 is 2.38 bits per heavy atom. The molecule has 0 aliphatic heterocycles. The van der Waals surface area contributed by atoms with E-state index in [0.29, 0.717) is 5.02 Å². The number of hydrogen-bond donors (Lipinski definition) is 3. The van der Waals surface area contributed by atoms with Crippen molar-refractivity contribution >= 4 is 34.8 Å². The molecule has 21 heavy (non-hydrogen) atoms. The summed E-state index contributed by atoms with van der Waals surface area (Å²) in [6, 6.07) is 7.72. The standard InChI is InChI=1S/C14H11ClFN3O2/c15-9-3-1-8(5-11(9)17)14(21)19-12-6-7(13(18)20)2-4-10(12)16/h1-6H,17H2,(H2,18,20)(H,19,21). The minimum absolute atomic E-state index is 0.0855. The predicted octanol–water partition coefficient (Wildman–Crippen LogP) is 2.41. The number of hydrogen-bond acceptors (Lipinski definition) is 3. The summed E-state index contributed by atoms with van der Waals surface area (Å²) in [6.45, 7) is 0. The monoisotopic (exact) mass is 307 g/mol. The van der Waals surface area contributed by atoms with E-state index < -0.39 is 17.6 Å². The van der Waals surface area contributed by atoms with Crippen LogP contribution >= 0.6 is 11.6 Å². The Labute approximate surface area is 124 Å². The van der Waals surface area contributed by atoms with Crippen LogP contribution in [0.4, 0.5) is 15.8 Å². The van der Waals surface area contributed by atoms with E-state index in [4.69, 9.17) is 23.1 Å². The van der Waals surface area contributed by atoms with E-state index in [1.165, 1.54) is 24.3 Å². The van der Waals surface area contributed by atoms with Crippen LogP contribution in [-0.2, 0) is 0 Å². The normalized spacial score (nSPS) is 10.2. The molecule has 0 radical (unpaired) electrons. The largest absolute Gasteiger partial charge is 0.398 e. The second kappa shape index (κ2) is 5.80. The van der Waals surface area contributed by atoms with Gasteiger partial charge in [0.15, 0.2) is 0 Å². The number of carbonyl (C=O) groups excluding carboxylic acids is 2. The van der Waals surface area contributed by atoms with Gasteiger partial charge in [0.1, 0.15) is 5.82 Å². The lowest BCUT2D eigenvalue weighted by atomic mass is 10.1. The van der Waals surface area contributed by atoms with Crippen LogP contribution in [0.1, 0.15) is 20.7 Å². The molecule has 0 aromatic heterocycles. The minimum Gasteiger partial charge on any atom is -0.398 e. The third-order valence-corrected chi connectivity index (χ3v) is 3.10. The summed E-state index contributed by atoms with van der Waals surface area (Å²) in [7, 11) is 0. The summed E-state index contributed by atoms with van der Waals surface area (Å²) in [4.78, 5) is 23.1. The molecule has 0 fully saturated rings. The van der Waals surface area contributed by atoms with Gasteiger partial charge < -0.3 is 16.8 Å². The molecule has 108 valence electrons. The molecule has 0 saturated heterocycles. The number of anilines is 2. The topological polar surface area (TPSA) is 98.2 Å². The number of primary amides is 1. The van der Waals surface area contributed by atoms with E-state index in [1.807, 2.05) is 0 Å². The van der Waals surface area contributed by atoms with Crippen molar-refractivity contribution in [3.05, 3.63) is 58.4 Å². The quantitative estimate of drug-likeness (QED) is 0.759. The molecule has 0 aliphatic rings. The molecule has 2 amide bonds. The maximum Gasteiger partial charge on any atom is 0.255 e. The van der Waals surface area contributed by atoms with Gasteiger partial charge in [0.2, 0.25) is 5.91 Å². The molecular weight excluding hydrogens is 297 g/mol. The molecule has 0 unspecified atom stereocenters. The number of carbonyl (C=O) groups is 2. The summed E-state index contributed by atoms with van der Waals surface area (Å²) in [5, 5.41) is 2.66. The van der Waals surface area contributed by atoms with Gasteiger partial charge in [-0.2, -0.15) is 0 Å². The first kappa shape index (κ1) is 14.8. The Hall–Kier alpha value is -2.60. The van der Waals surface area contributed by atoms with Crippen LogP contribution in [0.5, 0.6) is 0 Å². The molecule has 2 aromatic carbocycles. The van der Waals surface area contributed by atoms with Crippen molar-refractivity contribution in [1.82, 2.24) is 0 Å². The molecule has 0 atom stereocenters. The van der Waals surface area contributed by atoms with E-state index in [9.17, 15) is 14.0 Å². The fourth-order valence-corrected chi connectivity index (χ4v) is 1.77. The minimum atomic E-state index is -0.721. The van der Waals surface area contributed by atoms with Crippen molar-refractivity contribution in [2.45, 2.75) is 0 Å². The average Bonchev–Trinajstić information content (AvgIpc) is 2.43. The molecule has 0 aliphatic carbocycles. The highest BCUT2D eigenvalue weighted by Gasteiger charge is 2.12. The van der Waals surface area contributed by atoms with Crippen LogP contribution in [-0.4, -0.2) is 11.8 Å². The van der Waals surface area contributed by atoms with E-state index in [-0.39, 0.29) is 22.5 Å². The molecule has 5 nitrogen and oxygen atoms in total. The zero-order valence-electron chi connectivity index (χ0n) is 10.7. The number of nitrogens with two attached hydrogens (primary N) is 2. The van der Waals surface area contributed by atoms with Crippen molar-refractivity contribution in [3.63, 3.8) is 0 Å². The second-order valence-corrected chi connectivity index (χ2v) is 4.66. The summed E-state index contributed by atoms with van der Waals surface area (Å²) < 4.78 is 13.6. The second-order valence-electron chi connectivity index (χ2n) is 4.25. The predicted molar refractivity (Wildman–Crippen MR) is 78.7 cm³/mol. The molecule has 0 heterocycles. The summed E-state index contributed by atoms with van der Waals surface area (Å²) in [5.74, 6) is -1.99. The van der Waals surface area contributed by atoms with Crippen LogP contribution in [0.25, 0.3) is 0 Å². The molecule has 2 aromatic rings. The first-order valence-electron chi connectivity index (χ1n) is 5.84. The molecule has 2 rings (SSSR count). The van der Waals surface area contributed by atoms with Gasteiger partial charge in [0, 0.05) is 11.1 Å². The zero-order valence-corrected chi connectivity index (χ0v) is 11.4. The van der Waals surface area contributed by atoms with Gasteiger partial charge in [0.25, 0.3) is 5.91 Å². The zero-order chi connectivity index (χ0) is 15.6. The lowest BCUT2D eigenvalue weighted by Crippen LogP contribution is -2.15. The lowest BCUT2D eigenvalue weighted by molar-refractivity contribution is 0.0996.